The fraction of sp³-hybridized carbons (Fsp3) is 0.125. The summed E-state index contributed by atoms with van der Waals surface area (Å²) in [6.07, 6.45) is 5.26. The number of nitrogens with one attached hydrogen (secondary N) is 1. The molecule has 0 saturated carbocycles. The molecule has 0 radical (unpaired) electrons. The average Bonchev–Trinajstić information content (AvgIpc) is 2.78. The van der Waals surface area contributed by atoms with E-state index in [1.807, 2.05) is 72.3 Å². The molecule has 0 aliphatic rings. The lowest BCUT2D eigenvalue weighted by Crippen LogP contribution is -2.19. The van der Waals surface area contributed by atoms with Crippen molar-refractivity contribution in [3.63, 3.8) is 0 Å². The second-order valence-corrected chi connectivity index (χ2v) is 6.95. The van der Waals surface area contributed by atoms with Gasteiger partial charge in [-0.15, -0.1) is 0 Å². The first kappa shape index (κ1) is 19.4. The highest BCUT2D eigenvalue weighted by atomic mass is 16.5. The molecule has 0 aliphatic heterocycles. The molecule has 2 aromatic heterocycles. The molecule has 2 heterocycles. The highest BCUT2D eigenvalue weighted by Crippen LogP contribution is 2.27. The van der Waals surface area contributed by atoms with Crippen LogP contribution in [0.1, 0.15) is 11.1 Å². The van der Waals surface area contributed by atoms with Gasteiger partial charge in [-0.2, -0.15) is 4.98 Å². The number of anilines is 2. The van der Waals surface area contributed by atoms with Crippen LogP contribution in [0, 0.1) is 6.92 Å². The number of aryl methyl sites for hydroxylation is 1. The Bertz CT molecular complexity index is 1210. The maximum atomic E-state index is 12.3. The Morgan fingerprint density at radius 3 is 2.60 bits per heavy atom. The van der Waals surface area contributed by atoms with Gasteiger partial charge in [-0.25, -0.2) is 0 Å². The molecule has 1 N–H and O–H groups in total. The van der Waals surface area contributed by atoms with Crippen molar-refractivity contribution in [3.8, 4) is 16.9 Å². The predicted octanol–water partition coefficient (Wildman–Crippen LogP) is 4.41. The van der Waals surface area contributed by atoms with Crippen LogP contribution in [-0.4, -0.2) is 21.6 Å². The second kappa shape index (κ2) is 8.61. The number of nitrogens with zero attached hydrogens (tertiary/aromatic N) is 3. The van der Waals surface area contributed by atoms with Crippen LogP contribution in [0.3, 0.4) is 0 Å². The Hall–Kier alpha value is -3.93. The van der Waals surface area contributed by atoms with Gasteiger partial charge in [0, 0.05) is 23.6 Å². The molecule has 2 aromatic carbocycles. The van der Waals surface area contributed by atoms with Crippen molar-refractivity contribution in [1.82, 2.24) is 14.5 Å². The second-order valence-electron chi connectivity index (χ2n) is 6.95. The van der Waals surface area contributed by atoms with E-state index in [0.29, 0.717) is 12.5 Å². The van der Waals surface area contributed by atoms with Gasteiger partial charge in [-0.05, 0) is 35.7 Å². The third-order valence-corrected chi connectivity index (χ3v) is 4.86. The highest BCUT2D eigenvalue weighted by molar-refractivity contribution is 5.71. The van der Waals surface area contributed by atoms with E-state index in [1.165, 1.54) is 7.11 Å². The van der Waals surface area contributed by atoms with Crippen molar-refractivity contribution in [2.24, 2.45) is 0 Å². The summed E-state index contributed by atoms with van der Waals surface area (Å²) in [4.78, 5) is 20.8. The maximum absolute atomic E-state index is 12.3. The number of ether oxygens (including phenoxy) is 1. The SMILES string of the molecule is COc1cn(Cc2ccccc2)c(Nc2cc(-c3cccnc3)ccc2C)nc1=O. The van der Waals surface area contributed by atoms with Crippen molar-refractivity contribution < 1.29 is 4.74 Å². The van der Waals surface area contributed by atoms with Gasteiger partial charge in [0.2, 0.25) is 11.7 Å². The summed E-state index contributed by atoms with van der Waals surface area (Å²) in [7, 11) is 1.47. The Morgan fingerprint density at radius 1 is 1.03 bits per heavy atom. The van der Waals surface area contributed by atoms with Crippen LogP contribution in [0.2, 0.25) is 0 Å². The molecule has 0 unspecified atom stereocenters. The average molecular weight is 398 g/mol. The molecule has 30 heavy (non-hydrogen) atoms. The van der Waals surface area contributed by atoms with E-state index in [0.717, 1.165) is 27.9 Å². The van der Waals surface area contributed by atoms with Gasteiger partial charge in [-0.3, -0.25) is 9.78 Å². The molecule has 6 nitrogen and oxygen atoms in total. The zero-order valence-corrected chi connectivity index (χ0v) is 16.9. The van der Waals surface area contributed by atoms with Crippen molar-refractivity contribution in [2.75, 3.05) is 12.4 Å². The van der Waals surface area contributed by atoms with Gasteiger partial charge < -0.3 is 14.6 Å². The van der Waals surface area contributed by atoms with E-state index in [9.17, 15) is 4.79 Å². The molecule has 0 fully saturated rings. The molecule has 0 aliphatic carbocycles. The Labute approximate surface area is 174 Å². The van der Waals surface area contributed by atoms with Crippen LogP contribution >= 0.6 is 0 Å². The summed E-state index contributed by atoms with van der Waals surface area (Å²) in [5, 5.41) is 3.34. The summed E-state index contributed by atoms with van der Waals surface area (Å²) in [5.74, 6) is 0.661. The lowest BCUT2D eigenvalue weighted by Gasteiger charge is -2.17. The van der Waals surface area contributed by atoms with E-state index in [1.54, 1.807) is 12.4 Å². The van der Waals surface area contributed by atoms with Crippen LogP contribution in [0.25, 0.3) is 11.1 Å². The van der Waals surface area contributed by atoms with E-state index in [-0.39, 0.29) is 5.75 Å². The van der Waals surface area contributed by atoms with Crippen LogP contribution in [0.15, 0.2) is 84.0 Å². The largest absolute Gasteiger partial charge is 0.490 e. The van der Waals surface area contributed by atoms with Crippen LogP contribution in [0.4, 0.5) is 11.6 Å². The number of rotatable bonds is 6. The number of aromatic nitrogens is 3. The molecule has 0 spiro atoms. The number of pyridine rings is 1. The van der Waals surface area contributed by atoms with Crippen molar-refractivity contribution in [2.45, 2.75) is 13.5 Å². The number of hydrogen-bond acceptors (Lipinski definition) is 5. The molecule has 4 rings (SSSR count). The van der Waals surface area contributed by atoms with Gasteiger partial charge in [-0.1, -0.05) is 48.5 Å². The first-order valence-corrected chi connectivity index (χ1v) is 9.61. The minimum absolute atomic E-state index is 0.206. The molecule has 0 saturated heterocycles. The summed E-state index contributed by atoms with van der Waals surface area (Å²) < 4.78 is 7.08. The van der Waals surface area contributed by atoms with Gasteiger partial charge in [0.15, 0.2) is 0 Å². The Kier molecular flexibility index (Phi) is 5.57. The summed E-state index contributed by atoms with van der Waals surface area (Å²) in [6.45, 7) is 2.56. The topological polar surface area (TPSA) is 69.0 Å². The molecule has 4 aromatic rings. The number of hydrogen-bond donors (Lipinski definition) is 1. The standard InChI is InChI=1S/C24H22N4O2/c1-17-10-11-19(20-9-6-12-25-14-20)13-21(17)26-24-27-23(29)22(30-2)16-28(24)15-18-7-4-3-5-8-18/h3-14,16H,15H2,1-2H3,(H,26,27,29). The fourth-order valence-electron chi connectivity index (χ4n) is 3.20. The number of methoxy groups -OCH3 is 1. The van der Waals surface area contributed by atoms with E-state index in [4.69, 9.17) is 4.74 Å². The normalized spacial score (nSPS) is 10.6. The number of benzene rings is 2. The van der Waals surface area contributed by atoms with Crippen molar-refractivity contribution in [3.05, 3.63) is 101 Å². The molecular formula is C24H22N4O2. The van der Waals surface area contributed by atoms with E-state index < -0.39 is 5.56 Å². The molecule has 0 amide bonds. The minimum atomic E-state index is -0.412. The molecule has 0 atom stereocenters. The zero-order valence-electron chi connectivity index (χ0n) is 16.9. The molecule has 0 bridgehead atoms. The first-order valence-electron chi connectivity index (χ1n) is 9.61. The Morgan fingerprint density at radius 2 is 1.87 bits per heavy atom. The fourth-order valence-corrected chi connectivity index (χ4v) is 3.20. The van der Waals surface area contributed by atoms with Crippen molar-refractivity contribution >= 4 is 11.6 Å². The van der Waals surface area contributed by atoms with E-state index >= 15 is 0 Å². The molecule has 6 heteroatoms. The lowest BCUT2D eigenvalue weighted by molar-refractivity contribution is 0.402. The monoisotopic (exact) mass is 398 g/mol. The van der Waals surface area contributed by atoms with Gasteiger partial charge in [0.25, 0.3) is 0 Å². The predicted molar refractivity (Wildman–Crippen MR) is 118 cm³/mol. The van der Waals surface area contributed by atoms with Gasteiger partial charge >= 0.3 is 5.56 Å². The summed E-state index contributed by atoms with van der Waals surface area (Å²) in [6, 6.07) is 20.0. The molecule has 150 valence electrons. The van der Waals surface area contributed by atoms with Gasteiger partial charge in [0.1, 0.15) is 0 Å². The minimum Gasteiger partial charge on any atom is -0.490 e. The van der Waals surface area contributed by atoms with E-state index in [2.05, 4.69) is 21.4 Å². The zero-order chi connectivity index (χ0) is 20.9. The first-order chi connectivity index (χ1) is 14.6. The Balaban J connectivity index is 1.74. The molecular weight excluding hydrogens is 376 g/mol. The third kappa shape index (κ3) is 4.22. The lowest BCUT2D eigenvalue weighted by atomic mass is 10.0. The smallest absolute Gasteiger partial charge is 0.316 e. The third-order valence-electron chi connectivity index (χ3n) is 4.86. The van der Waals surface area contributed by atoms with Crippen molar-refractivity contribution in [1.29, 1.82) is 0 Å². The van der Waals surface area contributed by atoms with Crippen LogP contribution in [-0.2, 0) is 6.54 Å². The summed E-state index contributed by atoms with van der Waals surface area (Å²) in [5.41, 5.74) is 4.64. The quantitative estimate of drug-likeness (QED) is 0.521. The van der Waals surface area contributed by atoms with Crippen LogP contribution in [0.5, 0.6) is 5.75 Å². The highest BCUT2D eigenvalue weighted by Gasteiger charge is 2.12. The summed E-state index contributed by atoms with van der Waals surface area (Å²) >= 11 is 0. The van der Waals surface area contributed by atoms with Crippen LogP contribution < -0.4 is 15.6 Å². The maximum Gasteiger partial charge on any atom is 0.316 e. The van der Waals surface area contributed by atoms with Gasteiger partial charge in [0.05, 0.1) is 19.9 Å².